The molecule has 174 valence electrons. The van der Waals surface area contributed by atoms with E-state index in [9.17, 15) is 14.4 Å². The van der Waals surface area contributed by atoms with Crippen LogP contribution in [0.2, 0.25) is 0 Å². The highest BCUT2D eigenvalue weighted by Gasteiger charge is 2.14. The molecule has 1 aliphatic rings. The number of benzene rings is 1. The van der Waals surface area contributed by atoms with Gasteiger partial charge in [0.05, 0.1) is 24.5 Å². The summed E-state index contributed by atoms with van der Waals surface area (Å²) in [5.41, 5.74) is 0.797. The van der Waals surface area contributed by atoms with Gasteiger partial charge < -0.3 is 19.8 Å². The van der Waals surface area contributed by atoms with Gasteiger partial charge in [0, 0.05) is 43.2 Å². The molecule has 1 aromatic carbocycles. The van der Waals surface area contributed by atoms with Gasteiger partial charge in [-0.2, -0.15) is 0 Å². The molecule has 2 aromatic heterocycles. The maximum absolute atomic E-state index is 12.3. The first-order chi connectivity index (χ1) is 16.1. The predicted octanol–water partition coefficient (Wildman–Crippen LogP) is 2.47. The van der Waals surface area contributed by atoms with Crippen molar-refractivity contribution in [1.29, 1.82) is 0 Å². The molecule has 33 heavy (non-hydrogen) atoms. The van der Waals surface area contributed by atoms with Crippen LogP contribution < -0.4 is 16.3 Å². The molecule has 4 rings (SSSR count). The molecular formula is C23H26N4O5S. The molecule has 0 bridgehead atoms. The smallest absolute Gasteiger partial charge is 0.345 e. The van der Waals surface area contributed by atoms with Gasteiger partial charge in [-0.15, -0.1) is 11.3 Å². The van der Waals surface area contributed by atoms with E-state index in [0.29, 0.717) is 28.5 Å². The third-order valence-electron chi connectivity index (χ3n) is 5.32. The number of aromatic nitrogens is 1. The second kappa shape index (κ2) is 11.2. The Bertz CT molecular complexity index is 1170. The maximum atomic E-state index is 12.3. The van der Waals surface area contributed by atoms with E-state index in [4.69, 9.17) is 9.15 Å². The molecule has 10 heteroatoms. The topological polar surface area (TPSA) is 114 Å². The Balaban J connectivity index is 1.21. The summed E-state index contributed by atoms with van der Waals surface area (Å²) < 4.78 is 10.7. The standard InChI is InChI=1S/C23H26N4O5S/c28-20(24-8-3-9-27-10-12-31-13-11-27)6-7-21(29)26-23-25-18(15-33-23)17-14-16-4-1-2-5-19(16)32-22(17)30/h1-2,4-5,14-15H,3,6-13H2,(H,24,28)(H,25,26,29). The van der Waals surface area contributed by atoms with Crippen molar-refractivity contribution in [3.8, 4) is 11.3 Å². The molecule has 0 unspecified atom stereocenters. The number of ether oxygens (including phenoxy) is 1. The van der Waals surface area contributed by atoms with Gasteiger partial charge in [0.25, 0.3) is 0 Å². The minimum Gasteiger partial charge on any atom is -0.422 e. The molecule has 0 spiro atoms. The van der Waals surface area contributed by atoms with Gasteiger partial charge in [0.2, 0.25) is 11.8 Å². The molecule has 2 amide bonds. The Hall–Kier alpha value is -3.08. The largest absolute Gasteiger partial charge is 0.422 e. The molecule has 1 aliphatic heterocycles. The van der Waals surface area contributed by atoms with E-state index in [2.05, 4.69) is 20.5 Å². The van der Waals surface area contributed by atoms with E-state index in [1.807, 2.05) is 12.1 Å². The number of hydrogen-bond donors (Lipinski definition) is 2. The highest BCUT2D eigenvalue weighted by molar-refractivity contribution is 7.14. The zero-order valence-electron chi connectivity index (χ0n) is 18.2. The van der Waals surface area contributed by atoms with Crippen LogP contribution in [0.5, 0.6) is 0 Å². The van der Waals surface area contributed by atoms with E-state index in [1.54, 1.807) is 23.6 Å². The first kappa shape index (κ1) is 23.1. The van der Waals surface area contributed by atoms with Crippen LogP contribution in [0, 0.1) is 0 Å². The summed E-state index contributed by atoms with van der Waals surface area (Å²) in [6, 6.07) is 8.97. The Labute approximate surface area is 194 Å². The van der Waals surface area contributed by atoms with Crippen LogP contribution in [0.3, 0.4) is 0 Å². The van der Waals surface area contributed by atoms with Gasteiger partial charge in [-0.3, -0.25) is 14.5 Å². The lowest BCUT2D eigenvalue weighted by Gasteiger charge is -2.26. The van der Waals surface area contributed by atoms with Crippen LogP contribution in [0.25, 0.3) is 22.2 Å². The predicted molar refractivity (Wildman–Crippen MR) is 126 cm³/mol. The SMILES string of the molecule is O=C(CCC(=O)Nc1nc(-c2cc3ccccc3oc2=O)cs1)NCCCN1CCOCC1. The molecule has 0 atom stereocenters. The highest BCUT2D eigenvalue weighted by Crippen LogP contribution is 2.25. The Morgan fingerprint density at radius 2 is 1.91 bits per heavy atom. The number of carbonyl (C=O) groups excluding carboxylic acids is 2. The molecule has 2 N–H and O–H groups in total. The minimum atomic E-state index is -0.484. The number of nitrogens with zero attached hydrogens (tertiary/aromatic N) is 2. The van der Waals surface area contributed by atoms with Crippen molar-refractivity contribution in [2.75, 3.05) is 44.7 Å². The summed E-state index contributed by atoms with van der Waals surface area (Å²) >= 11 is 1.21. The molecular weight excluding hydrogens is 444 g/mol. The van der Waals surface area contributed by atoms with Crippen molar-refractivity contribution in [3.63, 3.8) is 0 Å². The zero-order chi connectivity index (χ0) is 23.0. The lowest BCUT2D eigenvalue weighted by atomic mass is 10.1. The van der Waals surface area contributed by atoms with Crippen molar-refractivity contribution in [2.24, 2.45) is 0 Å². The van der Waals surface area contributed by atoms with E-state index in [0.717, 1.165) is 44.7 Å². The second-order valence-corrected chi connectivity index (χ2v) is 8.59. The van der Waals surface area contributed by atoms with Crippen LogP contribution >= 0.6 is 11.3 Å². The van der Waals surface area contributed by atoms with Gasteiger partial charge in [0.15, 0.2) is 5.13 Å². The molecule has 0 radical (unpaired) electrons. The fourth-order valence-electron chi connectivity index (χ4n) is 3.55. The lowest BCUT2D eigenvalue weighted by Crippen LogP contribution is -2.38. The number of hydrogen-bond acceptors (Lipinski definition) is 8. The number of rotatable bonds is 9. The van der Waals surface area contributed by atoms with Crippen molar-refractivity contribution >= 4 is 39.3 Å². The fourth-order valence-corrected chi connectivity index (χ4v) is 4.27. The highest BCUT2D eigenvalue weighted by atomic mass is 32.1. The first-order valence-electron chi connectivity index (χ1n) is 10.9. The molecule has 1 fully saturated rings. The van der Waals surface area contributed by atoms with Crippen LogP contribution in [-0.2, 0) is 14.3 Å². The van der Waals surface area contributed by atoms with Crippen LogP contribution in [0.15, 0.2) is 44.9 Å². The molecule has 1 saturated heterocycles. The Kier molecular flexibility index (Phi) is 7.82. The van der Waals surface area contributed by atoms with Crippen LogP contribution in [0.4, 0.5) is 5.13 Å². The summed E-state index contributed by atoms with van der Waals surface area (Å²) in [5.74, 6) is -0.453. The van der Waals surface area contributed by atoms with Gasteiger partial charge in [-0.1, -0.05) is 18.2 Å². The summed E-state index contributed by atoms with van der Waals surface area (Å²) in [6.45, 7) is 4.89. The van der Waals surface area contributed by atoms with E-state index >= 15 is 0 Å². The second-order valence-electron chi connectivity index (χ2n) is 7.73. The monoisotopic (exact) mass is 470 g/mol. The first-order valence-corrected chi connectivity index (χ1v) is 11.8. The van der Waals surface area contributed by atoms with E-state index in [-0.39, 0.29) is 24.7 Å². The number of para-hydroxylation sites is 1. The third-order valence-corrected chi connectivity index (χ3v) is 6.08. The zero-order valence-corrected chi connectivity index (χ0v) is 19.0. The summed E-state index contributed by atoms with van der Waals surface area (Å²) in [4.78, 5) is 43.2. The number of morpholine rings is 1. The van der Waals surface area contributed by atoms with Crippen molar-refractivity contribution < 1.29 is 18.7 Å². The number of carbonyl (C=O) groups is 2. The van der Waals surface area contributed by atoms with Crippen molar-refractivity contribution in [2.45, 2.75) is 19.3 Å². The van der Waals surface area contributed by atoms with E-state index < -0.39 is 5.63 Å². The molecule has 0 saturated carbocycles. The Morgan fingerprint density at radius 1 is 1.12 bits per heavy atom. The van der Waals surface area contributed by atoms with Gasteiger partial charge >= 0.3 is 5.63 Å². The van der Waals surface area contributed by atoms with Crippen molar-refractivity contribution in [3.05, 3.63) is 46.1 Å². The number of thiazole rings is 1. The number of fused-ring (bicyclic) bond motifs is 1. The summed E-state index contributed by atoms with van der Waals surface area (Å²) in [5, 5.41) is 8.40. The lowest BCUT2D eigenvalue weighted by molar-refractivity contribution is -0.124. The van der Waals surface area contributed by atoms with Gasteiger partial charge in [-0.05, 0) is 25.1 Å². The van der Waals surface area contributed by atoms with Crippen LogP contribution in [0.1, 0.15) is 19.3 Å². The minimum absolute atomic E-state index is 0.0579. The Morgan fingerprint density at radius 3 is 2.76 bits per heavy atom. The number of nitrogens with one attached hydrogen (secondary N) is 2. The molecule has 3 heterocycles. The average Bonchev–Trinajstić information content (AvgIpc) is 3.29. The fraction of sp³-hybridized carbons (Fsp3) is 0.391. The quantitative estimate of drug-likeness (QED) is 0.365. The summed E-state index contributed by atoms with van der Waals surface area (Å²) in [7, 11) is 0. The average molecular weight is 471 g/mol. The molecule has 9 nitrogen and oxygen atoms in total. The number of amides is 2. The van der Waals surface area contributed by atoms with E-state index in [1.165, 1.54) is 11.3 Å². The molecule has 3 aromatic rings. The molecule has 0 aliphatic carbocycles. The number of anilines is 1. The maximum Gasteiger partial charge on any atom is 0.345 e. The van der Waals surface area contributed by atoms with Gasteiger partial charge in [0.1, 0.15) is 5.58 Å². The van der Waals surface area contributed by atoms with Crippen LogP contribution in [-0.4, -0.2) is 61.1 Å². The normalized spacial score (nSPS) is 14.3. The summed E-state index contributed by atoms with van der Waals surface area (Å²) in [6.07, 6.45) is 1.03. The third kappa shape index (κ3) is 6.47. The van der Waals surface area contributed by atoms with Crippen molar-refractivity contribution in [1.82, 2.24) is 15.2 Å². The van der Waals surface area contributed by atoms with Gasteiger partial charge in [-0.25, -0.2) is 9.78 Å².